The van der Waals surface area contributed by atoms with Crippen molar-refractivity contribution in [2.45, 2.75) is 6.92 Å². The summed E-state index contributed by atoms with van der Waals surface area (Å²) in [5.41, 5.74) is 9.77. The summed E-state index contributed by atoms with van der Waals surface area (Å²) in [6.07, 6.45) is 0. The van der Waals surface area contributed by atoms with Crippen LogP contribution >= 0.6 is 0 Å². The number of hydrogen-bond acceptors (Lipinski definition) is 2. The van der Waals surface area contributed by atoms with Gasteiger partial charge in [0.05, 0.1) is 22.4 Å². The van der Waals surface area contributed by atoms with Crippen LogP contribution in [0.5, 0.6) is 0 Å². The zero-order valence-electron chi connectivity index (χ0n) is 21.0. The van der Waals surface area contributed by atoms with E-state index in [1.54, 1.807) is 0 Å². The van der Waals surface area contributed by atoms with Crippen molar-refractivity contribution in [3.05, 3.63) is 139 Å². The lowest BCUT2D eigenvalue weighted by Crippen LogP contribution is -1.99. The molecule has 0 bridgehead atoms. The van der Waals surface area contributed by atoms with Crippen LogP contribution in [0.3, 0.4) is 0 Å². The van der Waals surface area contributed by atoms with Crippen molar-refractivity contribution >= 4 is 21.8 Å². The molecule has 0 radical (unpaired) electrons. The molecule has 0 aliphatic rings. The van der Waals surface area contributed by atoms with E-state index in [0.29, 0.717) is 0 Å². The van der Waals surface area contributed by atoms with Gasteiger partial charge in [0.2, 0.25) is 0 Å². The predicted octanol–water partition coefficient (Wildman–Crippen LogP) is 8.88. The van der Waals surface area contributed by atoms with Crippen LogP contribution in [0.1, 0.15) is 5.56 Å². The molecule has 0 atom stereocenters. The molecule has 3 heteroatoms. The Kier molecular flexibility index (Phi) is 5.33. The number of benzene rings is 5. The lowest BCUT2D eigenvalue weighted by molar-refractivity contribution is 1.14. The summed E-state index contributed by atoms with van der Waals surface area (Å²) in [7, 11) is 0. The van der Waals surface area contributed by atoms with E-state index in [9.17, 15) is 0 Å². The maximum Gasteiger partial charge on any atom is 0.160 e. The number of aromatic nitrogens is 3. The quantitative estimate of drug-likeness (QED) is 0.248. The van der Waals surface area contributed by atoms with Crippen molar-refractivity contribution < 1.29 is 0 Å². The van der Waals surface area contributed by atoms with Crippen molar-refractivity contribution in [2.24, 2.45) is 0 Å². The minimum Gasteiger partial charge on any atom is -0.309 e. The van der Waals surface area contributed by atoms with Crippen LogP contribution in [0.2, 0.25) is 0 Å². The number of aryl methyl sites for hydroxylation is 1. The van der Waals surface area contributed by atoms with E-state index < -0.39 is 0 Å². The average Bonchev–Trinajstić information content (AvgIpc) is 3.32. The van der Waals surface area contributed by atoms with Gasteiger partial charge in [0.15, 0.2) is 5.82 Å². The third kappa shape index (κ3) is 3.77. The van der Waals surface area contributed by atoms with Crippen molar-refractivity contribution in [1.82, 2.24) is 14.5 Å². The summed E-state index contributed by atoms with van der Waals surface area (Å²) in [5, 5.41) is 2.53. The third-order valence-corrected chi connectivity index (χ3v) is 7.14. The van der Waals surface area contributed by atoms with Gasteiger partial charge in [-0.25, -0.2) is 9.97 Å². The molecule has 2 heterocycles. The lowest BCUT2D eigenvalue weighted by atomic mass is 10.0. The van der Waals surface area contributed by atoms with Gasteiger partial charge in [-0.2, -0.15) is 0 Å². The average molecular weight is 488 g/mol. The van der Waals surface area contributed by atoms with E-state index in [2.05, 4.69) is 109 Å². The van der Waals surface area contributed by atoms with Crippen LogP contribution in [0.15, 0.2) is 133 Å². The zero-order chi connectivity index (χ0) is 25.5. The zero-order valence-corrected chi connectivity index (χ0v) is 21.0. The van der Waals surface area contributed by atoms with Gasteiger partial charge in [0, 0.05) is 33.2 Å². The van der Waals surface area contributed by atoms with Crippen LogP contribution in [0.4, 0.5) is 0 Å². The van der Waals surface area contributed by atoms with Gasteiger partial charge in [-0.15, -0.1) is 0 Å². The highest BCUT2D eigenvalue weighted by atomic mass is 15.0. The summed E-state index contributed by atoms with van der Waals surface area (Å²) < 4.78 is 2.37. The summed E-state index contributed by atoms with van der Waals surface area (Å²) in [6.45, 7) is 2.18. The van der Waals surface area contributed by atoms with Gasteiger partial charge in [-0.3, -0.25) is 0 Å². The minimum absolute atomic E-state index is 0.728. The highest BCUT2D eigenvalue weighted by Crippen LogP contribution is 2.34. The predicted molar refractivity (Wildman–Crippen MR) is 157 cm³/mol. The lowest BCUT2D eigenvalue weighted by Gasteiger charge is -2.14. The molecule has 0 amide bonds. The molecule has 0 unspecified atom stereocenters. The van der Waals surface area contributed by atoms with Gasteiger partial charge < -0.3 is 4.57 Å². The molecule has 7 rings (SSSR count). The second-order valence-corrected chi connectivity index (χ2v) is 9.57. The second-order valence-electron chi connectivity index (χ2n) is 9.57. The van der Waals surface area contributed by atoms with Crippen LogP contribution in [0.25, 0.3) is 61.4 Å². The molecule has 0 aliphatic carbocycles. The Morgan fingerprint density at radius 1 is 0.474 bits per heavy atom. The van der Waals surface area contributed by atoms with E-state index in [4.69, 9.17) is 9.97 Å². The largest absolute Gasteiger partial charge is 0.309 e. The number of hydrogen-bond donors (Lipinski definition) is 0. The van der Waals surface area contributed by atoms with E-state index in [0.717, 1.165) is 33.9 Å². The normalized spacial score (nSPS) is 11.3. The summed E-state index contributed by atoms with van der Waals surface area (Å²) in [6, 6.07) is 46.5. The standard InChI is InChI=1S/C35H25N3/c1-24-22-27(20-21-32(24)38-33-18-10-8-16-28(33)29-17-9-11-19-34(29)38)31-23-30(25-12-4-2-5-13-25)36-35(37-31)26-14-6-3-7-15-26/h2-23H,1H3. The van der Waals surface area contributed by atoms with Crippen LogP contribution < -0.4 is 0 Å². The van der Waals surface area contributed by atoms with Gasteiger partial charge in [0.1, 0.15) is 0 Å². The summed E-state index contributed by atoms with van der Waals surface area (Å²) in [4.78, 5) is 9.95. The Balaban J connectivity index is 1.40. The fourth-order valence-electron chi connectivity index (χ4n) is 5.32. The van der Waals surface area contributed by atoms with E-state index in [1.165, 1.54) is 33.1 Å². The molecular formula is C35H25N3. The van der Waals surface area contributed by atoms with Crippen molar-refractivity contribution in [3.63, 3.8) is 0 Å². The summed E-state index contributed by atoms with van der Waals surface area (Å²) in [5.74, 6) is 0.728. The van der Waals surface area contributed by atoms with Gasteiger partial charge in [0.25, 0.3) is 0 Å². The Bertz CT molecular complexity index is 1810. The van der Waals surface area contributed by atoms with Gasteiger partial charge in [-0.05, 0) is 42.8 Å². The molecule has 0 saturated heterocycles. The molecule has 0 saturated carbocycles. The maximum atomic E-state index is 5.01. The third-order valence-electron chi connectivity index (χ3n) is 7.14. The molecule has 0 N–H and O–H groups in total. The minimum atomic E-state index is 0.728. The molecule has 7 aromatic rings. The first-order valence-electron chi connectivity index (χ1n) is 12.9. The second kappa shape index (κ2) is 9.13. The molecule has 3 nitrogen and oxygen atoms in total. The number of rotatable bonds is 4. The Labute approximate surface area is 221 Å². The van der Waals surface area contributed by atoms with Gasteiger partial charge in [-0.1, -0.05) is 103 Å². The topological polar surface area (TPSA) is 30.7 Å². The summed E-state index contributed by atoms with van der Waals surface area (Å²) >= 11 is 0. The smallest absolute Gasteiger partial charge is 0.160 e. The maximum absolute atomic E-state index is 5.01. The first kappa shape index (κ1) is 22.2. The molecule has 0 aliphatic heterocycles. The number of fused-ring (bicyclic) bond motifs is 3. The molecule has 0 spiro atoms. The molecular weight excluding hydrogens is 462 g/mol. The van der Waals surface area contributed by atoms with Crippen molar-refractivity contribution in [1.29, 1.82) is 0 Å². The monoisotopic (exact) mass is 487 g/mol. The fourth-order valence-corrected chi connectivity index (χ4v) is 5.32. The molecule has 5 aromatic carbocycles. The molecule has 0 fully saturated rings. The van der Waals surface area contributed by atoms with E-state index in [1.807, 2.05) is 36.4 Å². The van der Waals surface area contributed by atoms with Crippen LogP contribution in [-0.2, 0) is 0 Å². The Morgan fingerprint density at radius 2 is 1.00 bits per heavy atom. The highest BCUT2D eigenvalue weighted by molar-refractivity contribution is 6.09. The van der Waals surface area contributed by atoms with E-state index >= 15 is 0 Å². The van der Waals surface area contributed by atoms with Crippen molar-refractivity contribution in [2.75, 3.05) is 0 Å². The molecule has 2 aromatic heterocycles. The Hall–Kier alpha value is -5.02. The number of nitrogens with zero attached hydrogens (tertiary/aromatic N) is 3. The first-order valence-corrected chi connectivity index (χ1v) is 12.9. The van der Waals surface area contributed by atoms with E-state index in [-0.39, 0.29) is 0 Å². The first-order chi connectivity index (χ1) is 18.8. The SMILES string of the molecule is Cc1cc(-c2cc(-c3ccccc3)nc(-c3ccccc3)n2)ccc1-n1c2ccccc2c2ccccc21. The van der Waals surface area contributed by atoms with Crippen molar-refractivity contribution in [3.8, 4) is 39.6 Å². The van der Waals surface area contributed by atoms with Crippen LogP contribution in [0, 0.1) is 6.92 Å². The fraction of sp³-hybridized carbons (Fsp3) is 0.0286. The highest BCUT2D eigenvalue weighted by Gasteiger charge is 2.15. The molecule has 180 valence electrons. The van der Waals surface area contributed by atoms with Gasteiger partial charge >= 0.3 is 0 Å². The molecule has 38 heavy (non-hydrogen) atoms. The Morgan fingerprint density at radius 3 is 1.61 bits per heavy atom. The number of para-hydroxylation sites is 2. The van der Waals surface area contributed by atoms with Crippen LogP contribution in [-0.4, -0.2) is 14.5 Å².